The number of ketones is 2. The molecule has 0 bridgehead atoms. The fourth-order valence-electron chi connectivity index (χ4n) is 2.13. The Morgan fingerprint density at radius 2 is 1.00 bits per heavy atom. The van der Waals surface area contributed by atoms with Gasteiger partial charge in [-0.3, -0.25) is 9.59 Å². The smallest absolute Gasteiger partial charge is 0.194 e. The van der Waals surface area contributed by atoms with E-state index in [2.05, 4.69) is 25.3 Å². The van der Waals surface area contributed by atoms with E-state index < -0.39 is 0 Å². The fraction of sp³-hybridized carbons (Fsp3) is 0. The molecule has 0 saturated carbocycles. The van der Waals surface area contributed by atoms with Crippen LogP contribution in [0, 0.1) is 0 Å². The average Bonchev–Trinajstić information content (AvgIpc) is 2.36. The van der Waals surface area contributed by atoms with E-state index in [0.717, 1.165) is 0 Å². The number of rotatable bonds is 0. The van der Waals surface area contributed by atoms with Gasteiger partial charge >= 0.3 is 0 Å². The number of thiol groups is 2. The van der Waals surface area contributed by atoms with Gasteiger partial charge in [-0.05, 0) is 36.4 Å². The lowest BCUT2D eigenvalue weighted by Crippen LogP contribution is -2.20. The molecule has 0 amide bonds. The van der Waals surface area contributed by atoms with E-state index in [1.165, 1.54) is 0 Å². The molecule has 0 aromatic heterocycles. The summed E-state index contributed by atoms with van der Waals surface area (Å²) < 4.78 is 0. The maximum Gasteiger partial charge on any atom is 0.194 e. The molecule has 2 aromatic carbocycles. The SMILES string of the molecule is O=C1c2ccc(S)cc2C(=O)c2ccc(S)cc21. The van der Waals surface area contributed by atoms with Crippen LogP contribution in [0.15, 0.2) is 46.2 Å². The molecule has 0 atom stereocenters. The highest BCUT2D eigenvalue weighted by Gasteiger charge is 2.29. The number of hydrogen-bond acceptors (Lipinski definition) is 4. The second-order valence-corrected chi connectivity index (χ2v) is 5.15. The average molecular weight is 272 g/mol. The summed E-state index contributed by atoms with van der Waals surface area (Å²) in [4.78, 5) is 26.0. The summed E-state index contributed by atoms with van der Waals surface area (Å²) in [6, 6.07) is 9.98. The van der Waals surface area contributed by atoms with Crippen molar-refractivity contribution < 1.29 is 9.59 Å². The van der Waals surface area contributed by atoms with Crippen LogP contribution in [0.1, 0.15) is 31.8 Å². The zero-order chi connectivity index (χ0) is 12.9. The van der Waals surface area contributed by atoms with Gasteiger partial charge in [0.2, 0.25) is 0 Å². The predicted octanol–water partition coefficient (Wildman–Crippen LogP) is 3.04. The Hall–Kier alpha value is -1.52. The second kappa shape index (κ2) is 4.00. The number of hydrogen-bond donors (Lipinski definition) is 2. The van der Waals surface area contributed by atoms with Crippen molar-refractivity contribution in [3.05, 3.63) is 58.7 Å². The Balaban J connectivity index is 2.31. The molecule has 2 nitrogen and oxygen atoms in total. The van der Waals surface area contributed by atoms with Crippen molar-refractivity contribution in [3.8, 4) is 0 Å². The van der Waals surface area contributed by atoms with Crippen molar-refractivity contribution in [1.82, 2.24) is 0 Å². The molecule has 0 fully saturated rings. The summed E-state index contributed by atoms with van der Waals surface area (Å²) in [5.74, 6) is -0.271. The molecule has 88 valence electrons. The van der Waals surface area contributed by atoms with Gasteiger partial charge < -0.3 is 0 Å². The molecule has 0 heterocycles. The number of benzene rings is 2. The van der Waals surface area contributed by atoms with E-state index in [1.54, 1.807) is 36.4 Å². The zero-order valence-electron chi connectivity index (χ0n) is 9.18. The van der Waals surface area contributed by atoms with Crippen LogP contribution < -0.4 is 0 Å². The summed E-state index contributed by atoms with van der Waals surface area (Å²) in [5.41, 5.74) is 1.72. The predicted molar refractivity (Wildman–Crippen MR) is 74.3 cm³/mol. The first-order chi connectivity index (χ1) is 8.58. The van der Waals surface area contributed by atoms with Crippen LogP contribution in [0.5, 0.6) is 0 Å². The third-order valence-electron chi connectivity index (χ3n) is 2.98. The van der Waals surface area contributed by atoms with Crippen molar-refractivity contribution in [1.29, 1.82) is 0 Å². The summed E-state index contributed by atoms with van der Waals surface area (Å²) in [7, 11) is 0. The van der Waals surface area contributed by atoms with E-state index in [1.807, 2.05) is 0 Å². The van der Waals surface area contributed by atoms with E-state index in [0.29, 0.717) is 32.0 Å². The van der Waals surface area contributed by atoms with Gasteiger partial charge in [0.1, 0.15) is 0 Å². The van der Waals surface area contributed by atoms with Crippen LogP contribution >= 0.6 is 25.3 Å². The molecule has 0 radical (unpaired) electrons. The molecule has 4 heteroatoms. The Labute approximate surface area is 115 Å². The molecule has 0 N–H and O–H groups in total. The molecule has 1 aliphatic rings. The van der Waals surface area contributed by atoms with Crippen molar-refractivity contribution in [3.63, 3.8) is 0 Å². The van der Waals surface area contributed by atoms with Crippen LogP contribution in [0.2, 0.25) is 0 Å². The van der Waals surface area contributed by atoms with E-state index >= 15 is 0 Å². The third kappa shape index (κ3) is 1.61. The summed E-state index contributed by atoms with van der Waals surface area (Å²) in [6.07, 6.45) is 0. The van der Waals surface area contributed by atoms with Gasteiger partial charge in [-0.25, -0.2) is 0 Å². The summed E-state index contributed by atoms with van der Waals surface area (Å²) in [5, 5.41) is 0. The Kier molecular flexibility index (Phi) is 2.57. The highest BCUT2D eigenvalue weighted by Crippen LogP contribution is 2.29. The molecular weight excluding hydrogens is 264 g/mol. The Bertz CT molecular complexity index is 643. The first-order valence-corrected chi connectivity index (χ1v) is 6.23. The lowest BCUT2D eigenvalue weighted by atomic mass is 9.84. The number of fused-ring (bicyclic) bond motifs is 2. The quantitative estimate of drug-likeness (QED) is 0.617. The minimum atomic E-state index is -0.135. The number of carbonyl (C=O) groups excluding carboxylic acids is 2. The minimum absolute atomic E-state index is 0.135. The van der Waals surface area contributed by atoms with Crippen molar-refractivity contribution in [2.24, 2.45) is 0 Å². The molecule has 1 aliphatic carbocycles. The zero-order valence-corrected chi connectivity index (χ0v) is 11.0. The van der Waals surface area contributed by atoms with Crippen LogP contribution in [0.4, 0.5) is 0 Å². The molecule has 3 rings (SSSR count). The van der Waals surface area contributed by atoms with Crippen LogP contribution in [-0.2, 0) is 0 Å². The van der Waals surface area contributed by atoms with E-state index in [-0.39, 0.29) is 11.6 Å². The highest BCUT2D eigenvalue weighted by molar-refractivity contribution is 7.80. The van der Waals surface area contributed by atoms with Crippen LogP contribution in [0.3, 0.4) is 0 Å². The summed E-state index contributed by atoms with van der Waals surface area (Å²) in [6.45, 7) is 0. The molecule has 0 spiro atoms. The first kappa shape index (κ1) is 11.6. The second-order valence-electron chi connectivity index (χ2n) is 4.12. The fourth-order valence-corrected chi connectivity index (χ4v) is 2.53. The van der Waals surface area contributed by atoms with Crippen molar-refractivity contribution in [2.75, 3.05) is 0 Å². The van der Waals surface area contributed by atoms with Gasteiger partial charge in [-0.1, -0.05) is 0 Å². The van der Waals surface area contributed by atoms with Crippen molar-refractivity contribution >= 4 is 36.8 Å². The van der Waals surface area contributed by atoms with Gasteiger partial charge in [-0.2, -0.15) is 0 Å². The molecular formula is C14H8O2S2. The molecule has 18 heavy (non-hydrogen) atoms. The van der Waals surface area contributed by atoms with Crippen molar-refractivity contribution in [2.45, 2.75) is 9.79 Å². The lowest BCUT2D eigenvalue weighted by molar-refractivity contribution is 0.0978. The molecule has 0 aliphatic heterocycles. The maximum absolute atomic E-state index is 12.3. The standard InChI is InChI=1S/C14H8O2S2/c15-13-9-3-1-7(17)5-11(9)14(16)10-4-2-8(18)6-12(10)13/h1-6,17-18H. The van der Waals surface area contributed by atoms with E-state index in [4.69, 9.17) is 0 Å². The Morgan fingerprint density at radius 1 is 0.611 bits per heavy atom. The minimum Gasteiger partial charge on any atom is -0.289 e. The highest BCUT2D eigenvalue weighted by atomic mass is 32.1. The first-order valence-electron chi connectivity index (χ1n) is 5.33. The molecule has 0 saturated heterocycles. The van der Waals surface area contributed by atoms with Gasteiger partial charge in [-0.15, -0.1) is 25.3 Å². The van der Waals surface area contributed by atoms with Gasteiger partial charge in [0.25, 0.3) is 0 Å². The third-order valence-corrected chi connectivity index (χ3v) is 3.54. The van der Waals surface area contributed by atoms with Gasteiger partial charge in [0.05, 0.1) is 0 Å². The van der Waals surface area contributed by atoms with E-state index in [9.17, 15) is 9.59 Å². The van der Waals surface area contributed by atoms with Crippen LogP contribution in [-0.4, -0.2) is 11.6 Å². The van der Waals surface area contributed by atoms with Gasteiger partial charge in [0, 0.05) is 32.0 Å². The molecule has 0 unspecified atom stereocenters. The normalized spacial score (nSPS) is 13.2. The largest absolute Gasteiger partial charge is 0.289 e. The summed E-state index contributed by atoms with van der Waals surface area (Å²) >= 11 is 8.40. The number of carbonyl (C=O) groups is 2. The maximum atomic E-state index is 12.3. The topological polar surface area (TPSA) is 34.1 Å². The lowest BCUT2D eigenvalue weighted by Gasteiger charge is -2.17. The monoisotopic (exact) mass is 272 g/mol. The van der Waals surface area contributed by atoms with Gasteiger partial charge in [0.15, 0.2) is 11.6 Å². The van der Waals surface area contributed by atoms with Crippen LogP contribution in [0.25, 0.3) is 0 Å². The Morgan fingerprint density at radius 3 is 1.39 bits per heavy atom. The molecule has 2 aromatic rings.